The molecule has 0 fully saturated rings. The Morgan fingerprint density at radius 3 is 1.21 bits per heavy atom. The summed E-state index contributed by atoms with van der Waals surface area (Å²) in [5.74, 6) is -3.74. The van der Waals surface area contributed by atoms with Gasteiger partial charge in [-0.1, -0.05) is 0 Å². The topological polar surface area (TPSA) is 109 Å². The van der Waals surface area contributed by atoms with Gasteiger partial charge in [0.25, 0.3) is 0 Å². The van der Waals surface area contributed by atoms with Crippen LogP contribution in [-0.2, 0) is 42.4 Å². The molecule has 0 saturated heterocycles. The van der Waals surface area contributed by atoms with E-state index in [-0.39, 0.29) is 12.8 Å². The zero-order valence-electron chi connectivity index (χ0n) is 11.4. The SMILES string of the molecule is CC[C]([Zr][C](CC)(C(C)=O)C(=O)O)(C(C)=O)C(=O)O. The van der Waals surface area contributed by atoms with Crippen LogP contribution in [0.2, 0.25) is 6.25 Å². The third-order valence-corrected chi connectivity index (χ3v) is 10.0. The van der Waals surface area contributed by atoms with Crippen molar-refractivity contribution in [3.05, 3.63) is 0 Å². The molecule has 2 N–H and O–H groups in total. The number of carboxylic acids is 2. The Labute approximate surface area is 123 Å². The number of carbonyl (C=O) groups excluding carboxylic acids is 2. The standard InChI is InChI=1S/2C6H9O3.Zr/c2*1-3-5(4(2)7)6(8)9;/h2*3H2,1-2H3,(H,8,9);. The molecule has 0 aromatic carbocycles. The fraction of sp³-hybridized carbons (Fsp3) is 0.667. The molecule has 0 amide bonds. The van der Waals surface area contributed by atoms with Gasteiger partial charge in [0.15, 0.2) is 0 Å². The third kappa shape index (κ3) is 3.19. The van der Waals surface area contributed by atoms with Crippen LogP contribution in [0.1, 0.15) is 40.5 Å². The normalized spacial score (nSPS) is 16.8. The molecular formula is C12H18O6Zr. The first-order valence-corrected chi connectivity index (χ1v) is 8.34. The van der Waals surface area contributed by atoms with Crippen LogP contribution in [0.15, 0.2) is 0 Å². The second kappa shape index (κ2) is 6.55. The van der Waals surface area contributed by atoms with Crippen LogP contribution in [0, 0.1) is 0 Å². The minimum absolute atomic E-state index is 0.0200. The number of hydrogen-bond acceptors (Lipinski definition) is 4. The van der Waals surface area contributed by atoms with Gasteiger partial charge in [-0.3, -0.25) is 0 Å². The average Bonchev–Trinajstić information content (AvgIpc) is 2.29. The number of ketones is 2. The number of carboxylic acid groups (broad SMARTS) is 2. The van der Waals surface area contributed by atoms with Crippen molar-refractivity contribution in [3.63, 3.8) is 0 Å². The van der Waals surface area contributed by atoms with Crippen molar-refractivity contribution in [3.8, 4) is 0 Å². The Balaban J connectivity index is 5.91. The van der Waals surface area contributed by atoms with E-state index in [0.29, 0.717) is 0 Å². The van der Waals surface area contributed by atoms with Gasteiger partial charge in [-0.25, -0.2) is 0 Å². The Bertz CT molecular complexity index is 348. The molecule has 0 heterocycles. The Hall–Kier alpha value is -0.837. The molecule has 0 aliphatic carbocycles. The summed E-state index contributed by atoms with van der Waals surface area (Å²) in [5, 5.41) is 18.7. The van der Waals surface area contributed by atoms with E-state index in [2.05, 4.69) is 0 Å². The van der Waals surface area contributed by atoms with Crippen LogP contribution in [0.3, 0.4) is 0 Å². The van der Waals surface area contributed by atoms with E-state index in [0.717, 1.165) is 13.8 Å². The van der Waals surface area contributed by atoms with Crippen molar-refractivity contribution in [1.82, 2.24) is 0 Å². The molecule has 2 unspecified atom stereocenters. The fourth-order valence-electron chi connectivity index (χ4n) is 1.93. The summed E-state index contributed by atoms with van der Waals surface area (Å²) >= 11 is -2.41. The summed E-state index contributed by atoms with van der Waals surface area (Å²) in [7, 11) is 0. The predicted molar refractivity (Wildman–Crippen MR) is 62.6 cm³/mol. The molecule has 0 rings (SSSR count). The van der Waals surface area contributed by atoms with Crippen molar-refractivity contribution in [2.45, 2.75) is 46.8 Å². The van der Waals surface area contributed by atoms with Gasteiger partial charge in [-0.15, -0.1) is 0 Å². The molecule has 106 valence electrons. The maximum atomic E-state index is 11.7. The van der Waals surface area contributed by atoms with Crippen LogP contribution in [0.4, 0.5) is 0 Å². The minimum atomic E-state index is -2.41. The first-order valence-electron chi connectivity index (χ1n) is 5.89. The van der Waals surface area contributed by atoms with Gasteiger partial charge in [0.05, 0.1) is 0 Å². The zero-order valence-corrected chi connectivity index (χ0v) is 13.9. The van der Waals surface area contributed by atoms with Crippen LogP contribution < -0.4 is 0 Å². The first kappa shape index (κ1) is 18.2. The molecule has 0 radical (unpaired) electrons. The summed E-state index contributed by atoms with van der Waals surface area (Å²) in [6.45, 7) is 5.39. The molecule has 6 nitrogen and oxygen atoms in total. The zero-order chi connectivity index (χ0) is 15.4. The Kier molecular flexibility index (Phi) is 6.26. The monoisotopic (exact) mass is 348 g/mol. The molecule has 0 spiro atoms. The number of carbonyl (C=O) groups is 4. The molecule has 7 heteroatoms. The summed E-state index contributed by atoms with van der Waals surface area (Å²) in [5.41, 5.74) is 0. The predicted octanol–water partition coefficient (Wildman–Crippen LogP) is 1.55. The molecule has 19 heavy (non-hydrogen) atoms. The molecular weight excluding hydrogens is 331 g/mol. The first-order chi connectivity index (χ1) is 8.60. The third-order valence-electron chi connectivity index (χ3n) is 3.42. The van der Waals surface area contributed by atoms with Crippen molar-refractivity contribution >= 4 is 23.5 Å². The van der Waals surface area contributed by atoms with E-state index in [1.54, 1.807) is 13.8 Å². The Morgan fingerprint density at radius 2 is 1.11 bits per heavy atom. The van der Waals surface area contributed by atoms with Gasteiger partial charge in [0.1, 0.15) is 0 Å². The van der Waals surface area contributed by atoms with Crippen LogP contribution in [0.25, 0.3) is 0 Å². The summed E-state index contributed by atoms with van der Waals surface area (Å²) in [4.78, 5) is 46.4. The van der Waals surface area contributed by atoms with Crippen molar-refractivity contribution in [1.29, 1.82) is 0 Å². The number of rotatable bonds is 8. The van der Waals surface area contributed by atoms with Gasteiger partial charge >= 0.3 is 123 Å². The van der Waals surface area contributed by atoms with Crippen LogP contribution >= 0.6 is 0 Å². The van der Waals surface area contributed by atoms with E-state index in [9.17, 15) is 29.4 Å². The second-order valence-corrected chi connectivity index (χ2v) is 9.18. The summed E-state index contributed by atoms with van der Waals surface area (Å²) in [6, 6.07) is 0. The van der Waals surface area contributed by atoms with Gasteiger partial charge in [-0.2, -0.15) is 0 Å². The maximum absolute atomic E-state index is 11.7. The molecule has 0 aromatic rings. The van der Waals surface area contributed by atoms with E-state index >= 15 is 0 Å². The summed E-state index contributed by atoms with van der Waals surface area (Å²) < 4.78 is -3.33. The number of hydrogen-bond donors (Lipinski definition) is 2. The van der Waals surface area contributed by atoms with E-state index in [1.165, 1.54) is 0 Å². The number of Topliss-reactive ketones (excluding diaryl/α,β-unsaturated/α-hetero) is 2. The van der Waals surface area contributed by atoms with Gasteiger partial charge in [0, 0.05) is 0 Å². The molecule has 0 aliphatic heterocycles. The molecule has 0 aliphatic rings. The van der Waals surface area contributed by atoms with Crippen molar-refractivity contribution in [2.75, 3.05) is 0 Å². The van der Waals surface area contributed by atoms with Crippen LogP contribution in [0.5, 0.6) is 0 Å². The van der Waals surface area contributed by atoms with E-state index in [1.807, 2.05) is 0 Å². The Morgan fingerprint density at radius 1 is 0.842 bits per heavy atom. The van der Waals surface area contributed by atoms with Gasteiger partial charge in [-0.05, 0) is 0 Å². The number of aliphatic carboxylic acids is 2. The average molecular weight is 349 g/mol. The molecule has 2 atom stereocenters. The van der Waals surface area contributed by atoms with Gasteiger partial charge in [0.2, 0.25) is 0 Å². The molecule has 0 aromatic heterocycles. The fourth-order valence-corrected chi connectivity index (χ4v) is 5.98. The molecule has 0 bridgehead atoms. The van der Waals surface area contributed by atoms with Crippen LogP contribution in [-0.4, -0.2) is 33.7 Å². The van der Waals surface area contributed by atoms with E-state index < -0.39 is 53.0 Å². The van der Waals surface area contributed by atoms with Crippen molar-refractivity contribution in [2.24, 2.45) is 0 Å². The summed E-state index contributed by atoms with van der Waals surface area (Å²) in [6.07, 6.45) is 0.0400. The quantitative estimate of drug-likeness (QED) is 0.644. The van der Waals surface area contributed by atoms with Crippen molar-refractivity contribution < 1.29 is 52.6 Å². The molecule has 0 saturated carbocycles. The van der Waals surface area contributed by atoms with E-state index in [4.69, 9.17) is 0 Å². The van der Waals surface area contributed by atoms with Gasteiger partial charge < -0.3 is 0 Å². The second-order valence-electron chi connectivity index (χ2n) is 4.37.